The Kier molecular flexibility index (Phi) is 14.3. The van der Waals surface area contributed by atoms with Gasteiger partial charge in [0.15, 0.2) is 11.6 Å². The van der Waals surface area contributed by atoms with Gasteiger partial charge in [-0.3, -0.25) is 4.90 Å². The molecule has 6 heterocycles. The zero-order chi connectivity index (χ0) is 48.6. The van der Waals surface area contributed by atoms with Gasteiger partial charge in [-0.05, 0) is 105 Å². The Labute approximate surface area is 413 Å². The van der Waals surface area contributed by atoms with Gasteiger partial charge in [0.25, 0.3) is 0 Å². The van der Waals surface area contributed by atoms with Gasteiger partial charge in [-0.1, -0.05) is 53.5 Å². The van der Waals surface area contributed by atoms with Crippen molar-refractivity contribution < 1.29 is 37.8 Å². The molecule has 2 atom stereocenters. The Bertz CT molecular complexity index is 3080. The minimum Gasteiger partial charge on any atom is -0.490 e. The standard InChI is InChI=1S/C51H50Cl2FN6O7PS/c1-29-41-30(2)45(53)46(44(29)52)66-38(24-60-19-17-59(3)18-20-60)26-64-37-13-14-39(65-25-36-15-16-55-48(58-36)33-8-6-7-31(21-33)27-68(4,5)63)34(22-37)23-40(51(61)62)67-49-43-42(41)47(69-50(43)57-28-56-49)32-9-11-35(54)12-10-32/h6-16,21-22,28,38,40H,17-20,23-27H2,1-5H3,(H,61,62)/t38?,40-/m1/s1. The van der Waals surface area contributed by atoms with Crippen molar-refractivity contribution in [3.63, 3.8) is 0 Å². The molecule has 4 aromatic carbocycles. The number of thiophene rings is 1. The summed E-state index contributed by atoms with van der Waals surface area (Å²) in [5.74, 6) is -0.0174. The van der Waals surface area contributed by atoms with E-state index in [1.165, 1.54) is 29.8 Å². The lowest BCUT2D eigenvalue weighted by Gasteiger charge is -2.35. The van der Waals surface area contributed by atoms with Crippen LogP contribution in [0, 0.1) is 19.7 Å². The Morgan fingerprint density at radius 3 is 2.41 bits per heavy atom. The molecule has 69 heavy (non-hydrogen) atoms. The average Bonchev–Trinajstić information content (AvgIpc) is 3.71. The van der Waals surface area contributed by atoms with Crippen molar-refractivity contribution in [2.24, 2.45) is 0 Å². The fraction of sp³-hybridized carbons (Fsp3) is 0.314. The number of likely N-dealkylation sites (N-methyl/N-ethyl adjacent to an activating group) is 1. The molecule has 0 amide bonds. The lowest BCUT2D eigenvalue weighted by Crippen LogP contribution is -2.49. The van der Waals surface area contributed by atoms with Crippen molar-refractivity contribution in [1.29, 1.82) is 0 Å². The van der Waals surface area contributed by atoms with Crippen LogP contribution in [0.1, 0.15) is 27.9 Å². The molecular weight excluding hydrogens is 962 g/mol. The molecule has 18 heteroatoms. The Balaban J connectivity index is 1.14. The molecule has 358 valence electrons. The molecule has 3 aromatic heterocycles. The lowest BCUT2D eigenvalue weighted by molar-refractivity contribution is -0.145. The first-order valence-corrected chi connectivity index (χ1v) is 26.8. The van der Waals surface area contributed by atoms with Crippen molar-refractivity contribution in [2.45, 2.75) is 45.2 Å². The van der Waals surface area contributed by atoms with E-state index in [0.717, 1.165) is 37.3 Å². The summed E-state index contributed by atoms with van der Waals surface area (Å²) in [7, 11) is -0.215. The largest absolute Gasteiger partial charge is 0.490 e. The maximum Gasteiger partial charge on any atom is 0.345 e. The van der Waals surface area contributed by atoms with E-state index in [1.807, 2.05) is 38.1 Å². The normalized spacial score (nSPS) is 16.9. The number of hydrogen-bond donors (Lipinski definition) is 1. The van der Waals surface area contributed by atoms with Crippen LogP contribution in [0.15, 0.2) is 85.3 Å². The highest BCUT2D eigenvalue weighted by atomic mass is 35.5. The van der Waals surface area contributed by atoms with E-state index in [4.69, 9.17) is 47.1 Å². The fourth-order valence-electron chi connectivity index (χ4n) is 8.73. The zero-order valence-corrected chi connectivity index (χ0v) is 41.9. The Morgan fingerprint density at radius 1 is 0.928 bits per heavy atom. The van der Waals surface area contributed by atoms with Gasteiger partial charge in [0.2, 0.25) is 12.0 Å². The predicted molar refractivity (Wildman–Crippen MR) is 269 cm³/mol. The summed E-state index contributed by atoms with van der Waals surface area (Å²) in [5, 5.41) is 11.9. The van der Waals surface area contributed by atoms with Crippen LogP contribution < -0.4 is 18.9 Å². The molecule has 0 aliphatic carbocycles. The van der Waals surface area contributed by atoms with Crippen molar-refractivity contribution in [1.82, 2.24) is 29.7 Å². The number of nitrogens with zero attached hydrogens (tertiary/aromatic N) is 6. The Hall–Kier alpha value is -5.67. The number of fused-ring (bicyclic) bond motifs is 7. The molecule has 13 nitrogen and oxygen atoms in total. The number of hydrogen-bond acceptors (Lipinski definition) is 13. The number of halogens is 3. The first-order chi connectivity index (χ1) is 33.1. The number of aromatic nitrogens is 4. The minimum atomic E-state index is -2.31. The number of piperazine rings is 1. The van der Waals surface area contributed by atoms with E-state index in [2.05, 4.69) is 31.8 Å². The molecule has 1 unspecified atom stereocenters. The van der Waals surface area contributed by atoms with E-state index in [0.29, 0.717) is 89.9 Å². The number of ether oxygens (including phenoxy) is 4. The highest BCUT2D eigenvalue weighted by molar-refractivity contribution is 7.61. The fourth-order valence-corrected chi connectivity index (χ4v) is 11.5. The van der Waals surface area contributed by atoms with E-state index in [-0.39, 0.29) is 35.6 Å². The van der Waals surface area contributed by atoms with E-state index in [1.54, 1.807) is 55.9 Å². The van der Waals surface area contributed by atoms with Crippen molar-refractivity contribution in [3.05, 3.63) is 129 Å². The third-order valence-corrected chi connectivity index (χ3v) is 15.4. The summed E-state index contributed by atoms with van der Waals surface area (Å²) >= 11 is 16.0. The number of benzene rings is 4. The number of aliphatic carboxylic acids is 1. The summed E-state index contributed by atoms with van der Waals surface area (Å²) in [4.78, 5) is 37.7. The highest BCUT2D eigenvalue weighted by Crippen LogP contribution is 2.53. The summed E-state index contributed by atoms with van der Waals surface area (Å²) in [6, 6.07) is 20.8. The van der Waals surface area contributed by atoms with E-state index < -0.39 is 31.1 Å². The van der Waals surface area contributed by atoms with Gasteiger partial charge >= 0.3 is 5.97 Å². The number of rotatable bonds is 10. The van der Waals surface area contributed by atoms with Crippen LogP contribution in [0.5, 0.6) is 23.1 Å². The molecule has 1 fully saturated rings. The quantitative estimate of drug-likeness (QED) is 0.130. The zero-order valence-electron chi connectivity index (χ0n) is 38.7. The molecule has 0 saturated carbocycles. The average molecular weight is 1010 g/mol. The van der Waals surface area contributed by atoms with Gasteiger partial charge < -0.3 is 33.5 Å². The highest BCUT2D eigenvalue weighted by Gasteiger charge is 2.32. The van der Waals surface area contributed by atoms with Crippen molar-refractivity contribution in [2.75, 3.05) is 59.7 Å². The molecule has 1 N–H and O–H groups in total. The minimum absolute atomic E-state index is 0.0167. The Morgan fingerprint density at radius 2 is 1.68 bits per heavy atom. The molecule has 7 aromatic rings. The van der Waals surface area contributed by atoms with Crippen LogP contribution in [-0.2, 0) is 28.5 Å². The second-order valence-corrected chi connectivity index (χ2v) is 23.1. The molecule has 3 aliphatic rings. The number of carboxylic acids is 1. The molecule has 0 radical (unpaired) electrons. The van der Waals surface area contributed by atoms with Crippen LogP contribution in [0.2, 0.25) is 10.0 Å². The van der Waals surface area contributed by atoms with Crippen LogP contribution >= 0.6 is 41.7 Å². The molecule has 0 spiro atoms. The number of carboxylic acid groups (broad SMARTS) is 1. The summed E-state index contributed by atoms with van der Waals surface area (Å²) in [6.45, 7) is 11.3. The van der Waals surface area contributed by atoms with Crippen LogP contribution in [0.3, 0.4) is 0 Å². The van der Waals surface area contributed by atoms with Crippen molar-refractivity contribution in [3.8, 4) is 56.1 Å². The van der Waals surface area contributed by atoms with E-state index >= 15 is 0 Å². The second kappa shape index (κ2) is 20.4. The van der Waals surface area contributed by atoms with Gasteiger partial charge in [-0.2, -0.15) is 0 Å². The summed E-state index contributed by atoms with van der Waals surface area (Å²) in [5.41, 5.74) is 6.00. The van der Waals surface area contributed by atoms with Gasteiger partial charge in [0, 0.05) is 73.1 Å². The van der Waals surface area contributed by atoms with Crippen molar-refractivity contribution >= 4 is 57.9 Å². The van der Waals surface area contributed by atoms with Crippen LogP contribution in [-0.4, -0.2) is 113 Å². The third kappa shape index (κ3) is 10.9. The molecule has 1 saturated heterocycles. The lowest BCUT2D eigenvalue weighted by atomic mass is 9.92. The summed E-state index contributed by atoms with van der Waals surface area (Å²) < 4.78 is 53.3. The first-order valence-electron chi connectivity index (χ1n) is 22.4. The van der Waals surface area contributed by atoms with Gasteiger partial charge in [0.1, 0.15) is 47.8 Å². The maximum atomic E-state index is 14.4. The van der Waals surface area contributed by atoms with Crippen LogP contribution in [0.25, 0.3) is 43.2 Å². The molecule has 4 bridgehead atoms. The predicted octanol–water partition coefficient (Wildman–Crippen LogP) is 10.7. The number of carbonyl (C=O) groups is 1. The first kappa shape index (κ1) is 48.4. The monoisotopic (exact) mass is 1010 g/mol. The van der Waals surface area contributed by atoms with Crippen LogP contribution in [0.4, 0.5) is 4.39 Å². The maximum absolute atomic E-state index is 14.4. The summed E-state index contributed by atoms with van der Waals surface area (Å²) in [6.07, 6.45) is 1.25. The smallest absolute Gasteiger partial charge is 0.345 e. The van der Waals surface area contributed by atoms with Gasteiger partial charge in [-0.15, -0.1) is 11.3 Å². The second-order valence-electron chi connectivity index (χ2n) is 17.9. The van der Waals surface area contributed by atoms with Gasteiger partial charge in [0.05, 0.1) is 28.3 Å². The van der Waals surface area contributed by atoms with Gasteiger partial charge in [-0.25, -0.2) is 29.1 Å². The molecular formula is C51H50Cl2FN6O7PS. The molecule has 3 aliphatic heterocycles. The topological polar surface area (TPSA) is 149 Å². The SMILES string of the molecule is Cc1c(Cl)c2c(Cl)c(C)c1-c1c(-c3ccc(F)cc3)sc3ncnc(c13)O[C@@H](C(=O)O)Cc1cc(ccc1OCc1ccnc(-c3cccc(CP(C)(C)=O)c3)n1)OCC(CN1CCN(C)CC1)O2. The van der Waals surface area contributed by atoms with E-state index in [9.17, 15) is 18.9 Å². The molecule has 10 rings (SSSR count). The third-order valence-electron chi connectivity index (χ3n) is 12.2.